The van der Waals surface area contributed by atoms with E-state index >= 15 is 0 Å². The first kappa shape index (κ1) is 25.6. The average Bonchev–Trinajstić information content (AvgIpc) is 3.38. The summed E-state index contributed by atoms with van der Waals surface area (Å²) in [6.07, 6.45) is 3.65. The van der Waals surface area contributed by atoms with E-state index in [1.807, 2.05) is 60.7 Å². The molecule has 1 N–H and O–H groups in total. The second-order valence-corrected chi connectivity index (χ2v) is 9.99. The molecule has 0 atom stereocenters. The van der Waals surface area contributed by atoms with Gasteiger partial charge in [-0.3, -0.25) is 14.6 Å². The van der Waals surface area contributed by atoms with Gasteiger partial charge in [0.15, 0.2) is 28.8 Å². The summed E-state index contributed by atoms with van der Waals surface area (Å²) in [4.78, 5) is 31.0. The van der Waals surface area contributed by atoms with E-state index in [9.17, 15) is 9.59 Å². The summed E-state index contributed by atoms with van der Waals surface area (Å²) < 4.78 is 23.9. The van der Waals surface area contributed by atoms with E-state index in [0.717, 1.165) is 22.3 Å². The minimum absolute atomic E-state index is 0.0857. The van der Waals surface area contributed by atoms with Gasteiger partial charge in [0.1, 0.15) is 26.4 Å². The van der Waals surface area contributed by atoms with Gasteiger partial charge in [0.2, 0.25) is 5.91 Å². The SMILES string of the molecule is O=C(Cc1ccc2c(c1)OCCO2)Nc1nn(C(=O)Cc2ccc3c(c2)OCCO3)c2ccc(-c3cccnc3)cc12. The third-order valence-electron chi connectivity index (χ3n) is 7.10. The van der Waals surface area contributed by atoms with Crippen LogP contribution in [0, 0.1) is 0 Å². The molecule has 0 bridgehead atoms. The van der Waals surface area contributed by atoms with E-state index in [0.29, 0.717) is 66.1 Å². The molecule has 210 valence electrons. The summed E-state index contributed by atoms with van der Waals surface area (Å²) in [6.45, 7) is 1.92. The number of carbonyl (C=O) groups is 2. The standard InChI is InChI=1S/C32H26N4O6/c37-30(16-20-3-7-26-28(14-20)41-12-10-39-26)34-32-24-18-22(23-2-1-9-33-19-23)5-6-25(24)36(35-32)31(38)17-21-4-8-27-29(15-21)42-13-11-40-27/h1-9,14-15,18-19H,10-13,16-17H2,(H,34,35,37). The number of carbonyl (C=O) groups excluding carboxylic acids is 2. The third-order valence-corrected chi connectivity index (χ3v) is 7.10. The first-order valence-corrected chi connectivity index (χ1v) is 13.6. The van der Waals surface area contributed by atoms with Crippen LogP contribution in [0.1, 0.15) is 15.9 Å². The number of rotatable bonds is 6. The lowest BCUT2D eigenvalue weighted by atomic mass is 10.1. The molecule has 0 fully saturated rings. The molecule has 3 aromatic carbocycles. The Labute approximate surface area is 240 Å². The maximum absolute atomic E-state index is 13.6. The molecule has 2 aliphatic rings. The fourth-order valence-corrected chi connectivity index (χ4v) is 5.12. The Bertz CT molecular complexity index is 1820. The highest BCUT2D eigenvalue weighted by molar-refractivity contribution is 6.04. The van der Waals surface area contributed by atoms with E-state index in [-0.39, 0.29) is 24.7 Å². The van der Waals surface area contributed by atoms with E-state index in [2.05, 4.69) is 15.4 Å². The molecule has 10 heteroatoms. The van der Waals surface area contributed by atoms with Crippen LogP contribution >= 0.6 is 0 Å². The van der Waals surface area contributed by atoms with Crippen LogP contribution < -0.4 is 24.3 Å². The van der Waals surface area contributed by atoms with Crippen molar-refractivity contribution < 1.29 is 28.5 Å². The first-order chi connectivity index (χ1) is 20.6. The minimum atomic E-state index is -0.274. The smallest absolute Gasteiger partial charge is 0.251 e. The lowest BCUT2D eigenvalue weighted by Gasteiger charge is -2.18. The molecule has 2 aliphatic heterocycles. The first-order valence-electron chi connectivity index (χ1n) is 13.6. The number of hydrogen-bond donors (Lipinski definition) is 1. The van der Waals surface area contributed by atoms with Gasteiger partial charge in [-0.1, -0.05) is 24.3 Å². The molecule has 0 saturated heterocycles. The normalized spacial score (nSPS) is 13.5. The van der Waals surface area contributed by atoms with Gasteiger partial charge in [0.25, 0.3) is 5.91 Å². The van der Waals surface area contributed by atoms with Gasteiger partial charge in [-0.2, -0.15) is 4.68 Å². The van der Waals surface area contributed by atoms with Crippen molar-refractivity contribution in [1.29, 1.82) is 0 Å². The van der Waals surface area contributed by atoms with Gasteiger partial charge >= 0.3 is 0 Å². The lowest BCUT2D eigenvalue weighted by molar-refractivity contribution is -0.115. The second-order valence-electron chi connectivity index (χ2n) is 9.99. The molecule has 0 radical (unpaired) electrons. The minimum Gasteiger partial charge on any atom is -0.486 e. The van der Waals surface area contributed by atoms with Crippen LogP contribution in [0.25, 0.3) is 22.0 Å². The van der Waals surface area contributed by atoms with Crippen LogP contribution in [0.15, 0.2) is 79.1 Å². The second kappa shape index (κ2) is 10.9. The number of anilines is 1. The van der Waals surface area contributed by atoms with Gasteiger partial charge in [-0.25, -0.2) is 0 Å². The van der Waals surface area contributed by atoms with Gasteiger partial charge in [0.05, 0.1) is 18.4 Å². The number of aromatic nitrogens is 3. The Balaban J connectivity index is 1.19. The van der Waals surface area contributed by atoms with Crippen LogP contribution in [-0.4, -0.2) is 53.0 Å². The number of fused-ring (bicyclic) bond motifs is 3. The molecule has 0 saturated carbocycles. The molecule has 1 amide bonds. The van der Waals surface area contributed by atoms with Crippen LogP contribution in [0.2, 0.25) is 0 Å². The van der Waals surface area contributed by atoms with Crippen LogP contribution in [0.5, 0.6) is 23.0 Å². The Morgan fingerprint density at radius 2 is 1.40 bits per heavy atom. The zero-order chi connectivity index (χ0) is 28.5. The van der Waals surface area contributed by atoms with E-state index in [1.54, 1.807) is 18.5 Å². The largest absolute Gasteiger partial charge is 0.486 e. The van der Waals surface area contributed by atoms with Gasteiger partial charge in [-0.15, -0.1) is 5.10 Å². The topological polar surface area (TPSA) is 114 Å². The quantitative estimate of drug-likeness (QED) is 0.317. The molecule has 0 spiro atoms. The zero-order valence-electron chi connectivity index (χ0n) is 22.5. The Morgan fingerprint density at radius 1 is 0.738 bits per heavy atom. The molecule has 42 heavy (non-hydrogen) atoms. The van der Waals surface area contributed by atoms with Gasteiger partial charge in [0, 0.05) is 23.3 Å². The number of hydrogen-bond acceptors (Lipinski definition) is 8. The molecule has 5 aromatic rings. The van der Waals surface area contributed by atoms with Crippen molar-refractivity contribution in [2.24, 2.45) is 0 Å². The number of pyridine rings is 1. The highest BCUT2D eigenvalue weighted by atomic mass is 16.6. The van der Waals surface area contributed by atoms with Crippen molar-refractivity contribution in [3.63, 3.8) is 0 Å². The number of benzene rings is 3. The number of nitrogens with zero attached hydrogens (tertiary/aromatic N) is 3. The van der Waals surface area contributed by atoms with Gasteiger partial charge in [-0.05, 0) is 59.2 Å². The Morgan fingerprint density at radius 3 is 2.07 bits per heavy atom. The van der Waals surface area contributed by atoms with E-state index in [1.165, 1.54) is 4.68 Å². The van der Waals surface area contributed by atoms with E-state index < -0.39 is 0 Å². The summed E-state index contributed by atoms with van der Waals surface area (Å²) in [5.41, 5.74) is 3.91. The van der Waals surface area contributed by atoms with Crippen molar-refractivity contribution in [2.75, 3.05) is 31.7 Å². The van der Waals surface area contributed by atoms with Gasteiger partial charge < -0.3 is 24.3 Å². The maximum Gasteiger partial charge on any atom is 0.251 e. The molecule has 10 nitrogen and oxygen atoms in total. The van der Waals surface area contributed by atoms with Crippen LogP contribution in [-0.2, 0) is 17.6 Å². The molecule has 7 rings (SSSR count). The van der Waals surface area contributed by atoms with Crippen molar-refractivity contribution >= 4 is 28.5 Å². The molecule has 0 aliphatic carbocycles. The number of nitrogens with one attached hydrogen (secondary N) is 1. The maximum atomic E-state index is 13.6. The van der Waals surface area contributed by atoms with E-state index in [4.69, 9.17) is 18.9 Å². The molecule has 0 unspecified atom stereocenters. The summed E-state index contributed by atoms with van der Waals surface area (Å²) in [5, 5.41) is 8.14. The van der Waals surface area contributed by atoms with Crippen molar-refractivity contribution in [3.8, 4) is 34.1 Å². The summed E-state index contributed by atoms with van der Waals surface area (Å²) in [5.74, 6) is 2.33. The average molecular weight is 563 g/mol. The Hall–Kier alpha value is -5.38. The lowest BCUT2D eigenvalue weighted by Crippen LogP contribution is -2.19. The highest BCUT2D eigenvalue weighted by Gasteiger charge is 2.21. The van der Waals surface area contributed by atoms with Crippen molar-refractivity contribution in [1.82, 2.24) is 14.8 Å². The predicted octanol–water partition coefficient (Wildman–Crippen LogP) is 4.70. The molecule has 2 aromatic heterocycles. The zero-order valence-corrected chi connectivity index (χ0v) is 22.5. The Kier molecular flexibility index (Phi) is 6.63. The molecular weight excluding hydrogens is 536 g/mol. The fourth-order valence-electron chi connectivity index (χ4n) is 5.12. The highest BCUT2D eigenvalue weighted by Crippen LogP contribution is 2.33. The van der Waals surface area contributed by atoms with Crippen LogP contribution in [0.3, 0.4) is 0 Å². The molecule has 4 heterocycles. The number of amides is 1. The summed E-state index contributed by atoms with van der Waals surface area (Å²) in [6, 6.07) is 20.4. The summed E-state index contributed by atoms with van der Waals surface area (Å²) in [7, 11) is 0. The monoisotopic (exact) mass is 562 g/mol. The molecular formula is C32H26N4O6. The number of ether oxygens (including phenoxy) is 4. The van der Waals surface area contributed by atoms with Crippen molar-refractivity contribution in [3.05, 3.63) is 90.3 Å². The third kappa shape index (κ3) is 5.10. The predicted molar refractivity (Wildman–Crippen MR) is 154 cm³/mol. The summed E-state index contributed by atoms with van der Waals surface area (Å²) >= 11 is 0. The fraction of sp³-hybridized carbons (Fsp3) is 0.188. The van der Waals surface area contributed by atoms with Crippen molar-refractivity contribution in [2.45, 2.75) is 12.8 Å². The van der Waals surface area contributed by atoms with Crippen LogP contribution in [0.4, 0.5) is 5.82 Å².